The molecular weight excluding hydrogens is 503 g/mol. The number of methoxy groups -OCH3 is 3. The third kappa shape index (κ3) is 7.33. The number of anilines is 1. The minimum atomic E-state index is 0. The van der Waals surface area contributed by atoms with Gasteiger partial charge in [0, 0.05) is 32.7 Å². The lowest BCUT2D eigenvalue weighted by Crippen LogP contribution is -2.47. The van der Waals surface area contributed by atoms with Gasteiger partial charge in [0.25, 0.3) is 0 Å². The van der Waals surface area contributed by atoms with Crippen molar-refractivity contribution in [3.8, 4) is 17.2 Å². The molecule has 1 unspecified atom stereocenters. The summed E-state index contributed by atoms with van der Waals surface area (Å²) in [6.07, 6.45) is 2.00. The normalized spacial score (nSPS) is 18.9. The maximum Gasteiger partial charge on any atom is 0.161 e. The highest BCUT2D eigenvalue weighted by Crippen LogP contribution is 2.41. The van der Waals surface area contributed by atoms with Crippen LogP contribution in [0, 0.1) is 5.41 Å². The molecule has 0 amide bonds. The zero-order chi connectivity index (χ0) is 23.4. The van der Waals surface area contributed by atoms with Gasteiger partial charge in [-0.1, -0.05) is 26.0 Å². The number of ether oxygens (including phenoxy) is 4. The first-order chi connectivity index (χ1) is 15.9. The van der Waals surface area contributed by atoms with Crippen LogP contribution < -0.4 is 19.1 Å². The molecule has 2 aromatic carbocycles. The Kier molecular flexibility index (Phi) is 12.6. The van der Waals surface area contributed by atoms with Gasteiger partial charge in [-0.3, -0.25) is 4.90 Å². The van der Waals surface area contributed by atoms with Crippen molar-refractivity contribution in [2.45, 2.75) is 32.8 Å². The van der Waals surface area contributed by atoms with Gasteiger partial charge in [0.2, 0.25) is 0 Å². The number of hydrogen-bond acceptors (Lipinski definition) is 6. The van der Waals surface area contributed by atoms with Crippen LogP contribution in [-0.4, -0.2) is 71.0 Å². The van der Waals surface area contributed by atoms with Crippen molar-refractivity contribution >= 4 is 30.5 Å². The van der Waals surface area contributed by atoms with E-state index in [2.05, 4.69) is 47.9 Å². The summed E-state index contributed by atoms with van der Waals surface area (Å²) >= 11 is 0. The van der Waals surface area contributed by atoms with Crippen LogP contribution in [0.25, 0.3) is 0 Å². The molecule has 0 radical (unpaired) electrons. The van der Waals surface area contributed by atoms with Crippen LogP contribution in [0.1, 0.15) is 37.5 Å². The van der Waals surface area contributed by atoms with Crippen LogP contribution in [0.3, 0.4) is 0 Å². The van der Waals surface area contributed by atoms with Crippen LogP contribution in [0.5, 0.6) is 17.2 Å². The third-order valence-corrected chi connectivity index (χ3v) is 6.84. The maximum absolute atomic E-state index is 6.48. The Morgan fingerprint density at radius 1 is 0.889 bits per heavy atom. The molecule has 9 heteroatoms. The Labute approximate surface area is 228 Å². The van der Waals surface area contributed by atoms with Crippen LogP contribution in [-0.2, 0) is 11.2 Å². The molecule has 1 fully saturated rings. The van der Waals surface area contributed by atoms with Gasteiger partial charge in [-0.25, -0.2) is 0 Å². The van der Waals surface area contributed by atoms with E-state index in [1.165, 1.54) is 16.8 Å². The second-order valence-electron chi connectivity index (χ2n) is 9.84. The molecule has 2 aliphatic heterocycles. The molecule has 2 N–H and O–H groups in total. The molecule has 0 bridgehead atoms. The van der Waals surface area contributed by atoms with Crippen molar-refractivity contribution in [1.29, 1.82) is 0 Å². The average Bonchev–Trinajstić information content (AvgIpc) is 2.96. The van der Waals surface area contributed by atoms with Crippen LogP contribution >= 0.6 is 24.8 Å². The Morgan fingerprint density at radius 2 is 1.50 bits per heavy atom. The highest BCUT2D eigenvalue weighted by molar-refractivity contribution is 5.85. The largest absolute Gasteiger partial charge is 0.495 e. The summed E-state index contributed by atoms with van der Waals surface area (Å²) in [6, 6.07) is 12.6. The lowest BCUT2D eigenvalue weighted by atomic mass is 9.85. The fourth-order valence-corrected chi connectivity index (χ4v) is 5.01. The summed E-state index contributed by atoms with van der Waals surface area (Å²) in [7, 11) is 5.14. The van der Waals surface area contributed by atoms with E-state index < -0.39 is 0 Å². The van der Waals surface area contributed by atoms with Crippen molar-refractivity contribution in [2.24, 2.45) is 5.41 Å². The molecule has 2 aliphatic rings. The van der Waals surface area contributed by atoms with Gasteiger partial charge >= 0.3 is 0 Å². The highest BCUT2D eigenvalue weighted by atomic mass is 35.5. The first-order valence-electron chi connectivity index (χ1n) is 11.9. The monoisotopic (exact) mass is 544 g/mol. The van der Waals surface area contributed by atoms with Gasteiger partial charge in [-0.15, -0.1) is 24.8 Å². The number of halogens is 2. The lowest BCUT2D eigenvalue weighted by Gasteiger charge is -2.37. The molecule has 4 rings (SSSR count). The molecule has 0 saturated carbocycles. The summed E-state index contributed by atoms with van der Waals surface area (Å²) in [4.78, 5) is 4.97. The number of benzene rings is 2. The van der Waals surface area contributed by atoms with Gasteiger partial charge in [0.05, 0.1) is 39.7 Å². The zero-order valence-corrected chi connectivity index (χ0v) is 23.7. The minimum absolute atomic E-state index is 0. The second kappa shape index (κ2) is 14.1. The van der Waals surface area contributed by atoms with E-state index in [1.54, 1.807) is 21.3 Å². The fourth-order valence-electron chi connectivity index (χ4n) is 5.01. The topological polar surface area (TPSA) is 74.9 Å². The smallest absolute Gasteiger partial charge is 0.161 e. The van der Waals surface area contributed by atoms with Gasteiger partial charge in [0.15, 0.2) is 11.5 Å². The zero-order valence-electron chi connectivity index (χ0n) is 22.0. The van der Waals surface area contributed by atoms with Crippen molar-refractivity contribution in [2.75, 3.05) is 65.6 Å². The predicted octanol–water partition coefficient (Wildman–Crippen LogP) is 4.58. The van der Waals surface area contributed by atoms with Crippen LogP contribution in [0.15, 0.2) is 36.4 Å². The van der Waals surface area contributed by atoms with E-state index in [-0.39, 0.29) is 41.8 Å². The van der Waals surface area contributed by atoms with Gasteiger partial charge < -0.3 is 29.3 Å². The summed E-state index contributed by atoms with van der Waals surface area (Å²) < 4.78 is 23.2. The summed E-state index contributed by atoms with van der Waals surface area (Å²) in [6.45, 7) is 10.4. The highest BCUT2D eigenvalue weighted by Gasteiger charge is 2.31. The summed E-state index contributed by atoms with van der Waals surface area (Å²) in [5.74, 6) is 2.51. The SMILES string of the molecule is COc1cc2c(cc1OC)C(CCN1CCN(c3ccccc3OC)CC1)OCC(C)(C)C2.Cl.Cl.O. The third-order valence-electron chi connectivity index (χ3n) is 6.84. The van der Waals surface area contributed by atoms with Gasteiger partial charge in [-0.2, -0.15) is 0 Å². The Hall–Kier alpha value is -1.90. The molecule has 36 heavy (non-hydrogen) atoms. The predicted molar refractivity (Wildman–Crippen MR) is 150 cm³/mol. The van der Waals surface area contributed by atoms with Crippen molar-refractivity contribution in [3.63, 3.8) is 0 Å². The molecule has 1 atom stereocenters. The van der Waals surface area contributed by atoms with E-state index in [0.29, 0.717) is 0 Å². The molecule has 0 aromatic heterocycles. The molecule has 1 saturated heterocycles. The summed E-state index contributed by atoms with van der Waals surface area (Å²) in [5, 5.41) is 0. The number of para-hydroxylation sites is 2. The molecule has 2 aromatic rings. The first-order valence-corrected chi connectivity index (χ1v) is 11.9. The van der Waals surface area contributed by atoms with E-state index in [4.69, 9.17) is 18.9 Å². The molecule has 0 spiro atoms. The Bertz CT molecular complexity index is 952. The number of rotatable bonds is 7. The minimum Gasteiger partial charge on any atom is -0.495 e. The summed E-state index contributed by atoms with van der Waals surface area (Å²) in [5.41, 5.74) is 3.82. The van der Waals surface area contributed by atoms with Crippen LogP contribution in [0.2, 0.25) is 0 Å². The van der Waals surface area contributed by atoms with Crippen molar-refractivity contribution in [1.82, 2.24) is 4.90 Å². The maximum atomic E-state index is 6.48. The van der Waals surface area contributed by atoms with Gasteiger partial charge in [-0.05, 0) is 53.6 Å². The molecule has 2 heterocycles. The van der Waals surface area contributed by atoms with Crippen molar-refractivity contribution < 1.29 is 24.4 Å². The molecule has 0 aliphatic carbocycles. The van der Waals surface area contributed by atoms with E-state index in [9.17, 15) is 0 Å². The second-order valence-corrected chi connectivity index (χ2v) is 9.84. The van der Waals surface area contributed by atoms with Crippen molar-refractivity contribution in [3.05, 3.63) is 47.5 Å². The molecule has 204 valence electrons. The fraction of sp³-hybridized carbons (Fsp3) is 0.556. The lowest BCUT2D eigenvalue weighted by molar-refractivity contribution is 0.000907. The number of nitrogens with zero attached hydrogens (tertiary/aromatic N) is 2. The number of piperazine rings is 1. The number of hydrogen-bond donors (Lipinski definition) is 0. The van der Waals surface area contributed by atoms with E-state index in [1.807, 2.05) is 12.1 Å². The first kappa shape index (κ1) is 32.1. The average molecular weight is 546 g/mol. The Balaban J connectivity index is 0.00000216. The standard InChI is InChI=1S/C27H38N2O4.2ClH.H2O/c1-27(2)18-20-16-25(31-4)26(32-5)17-21(20)23(33-19-27)10-11-28-12-14-29(15-13-28)22-8-6-7-9-24(22)30-3;;;/h6-9,16-17,23H,10-15,18-19H2,1-5H3;2*1H;1H2. The Morgan fingerprint density at radius 3 is 2.14 bits per heavy atom. The number of fused-ring (bicyclic) bond motifs is 1. The van der Waals surface area contributed by atoms with Crippen LogP contribution in [0.4, 0.5) is 5.69 Å². The molecule has 7 nitrogen and oxygen atoms in total. The molecular formula is C27H42Cl2N2O5. The van der Waals surface area contributed by atoms with E-state index in [0.717, 1.165) is 69.4 Å². The quantitative estimate of drug-likeness (QED) is 0.507. The van der Waals surface area contributed by atoms with Gasteiger partial charge in [0.1, 0.15) is 5.75 Å². The van der Waals surface area contributed by atoms with E-state index >= 15 is 0 Å².